The maximum Gasteiger partial charge on any atom is 0.136 e. The van der Waals surface area contributed by atoms with E-state index < -0.39 is 0 Å². The average molecular weight is 330 g/mol. The maximum atomic E-state index is 4.70. The van der Waals surface area contributed by atoms with E-state index in [1.807, 2.05) is 43.3 Å². The molecule has 2 heterocycles. The van der Waals surface area contributed by atoms with Crippen LogP contribution in [0.25, 0.3) is 0 Å². The largest absolute Gasteiger partial charge is 0.349 e. The van der Waals surface area contributed by atoms with E-state index in [1.54, 1.807) is 0 Å². The standard InChI is InChI=1S/C21H22N4/c1-15-12-17-8-6-7-9-18(17)14-25(15)21-13-20(22-16(2)23-21)24-19-10-4-3-5-11-19/h3-11,13,15H,12,14H2,1-2H3,(H,22,23,24)/t15-/m0/s1. The Kier molecular flexibility index (Phi) is 4.10. The normalized spacial score (nSPS) is 16.4. The molecule has 0 unspecified atom stereocenters. The molecule has 0 amide bonds. The summed E-state index contributed by atoms with van der Waals surface area (Å²) in [6.07, 6.45) is 1.04. The first-order valence-electron chi connectivity index (χ1n) is 8.70. The fourth-order valence-corrected chi connectivity index (χ4v) is 3.42. The highest BCUT2D eigenvalue weighted by Gasteiger charge is 2.24. The van der Waals surface area contributed by atoms with Crippen molar-refractivity contribution in [2.75, 3.05) is 10.2 Å². The molecule has 4 nitrogen and oxygen atoms in total. The van der Waals surface area contributed by atoms with Gasteiger partial charge in [0, 0.05) is 24.3 Å². The molecule has 1 atom stereocenters. The van der Waals surface area contributed by atoms with Gasteiger partial charge in [0.05, 0.1) is 0 Å². The van der Waals surface area contributed by atoms with E-state index in [2.05, 4.69) is 46.4 Å². The Bertz CT molecular complexity index is 876. The Morgan fingerprint density at radius 1 is 0.960 bits per heavy atom. The van der Waals surface area contributed by atoms with E-state index in [0.717, 1.165) is 36.1 Å². The molecule has 126 valence electrons. The van der Waals surface area contributed by atoms with Gasteiger partial charge in [-0.15, -0.1) is 0 Å². The van der Waals surface area contributed by atoms with Gasteiger partial charge in [-0.3, -0.25) is 0 Å². The van der Waals surface area contributed by atoms with Crippen LogP contribution in [0.2, 0.25) is 0 Å². The first kappa shape index (κ1) is 15.6. The summed E-state index contributed by atoms with van der Waals surface area (Å²) >= 11 is 0. The number of aromatic nitrogens is 2. The van der Waals surface area contributed by atoms with Crippen LogP contribution in [-0.4, -0.2) is 16.0 Å². The summed E-state index contributed by atoms with van der Waals surface area (Å²) in [7, 11) is 0. The molecule has 3 aromatic rings. The molecule has 0 fully saturated rings. The Hall–Kier alpha value is -2.88. The second kappa shape index (κ2) is 6.55. The van der Waals surface area contributed by atoms with Crippen LogP contribution in [0.3, 0.4) is 0 Å². The number of fused-ring (bicyclic) bond motifs is 1. The predicted octanol–water partition coefficient (Wildman–Crippen LogP) is 4.48. The summed E-state index contributed by atoms with van der Waals surface area (Å²) in [5.74, 6) is 2.59. The summed E-state index contributed by atoms with van der Waals surface area (Å²) in [6, 6.07) is 21.3. The molecule has 4 rings (SSSR count). The Labute approximate surface area is 148 Å². The minimum absolute atomic E-state index is 0.411. The van der Waals surface area contributed by atoms with Crippen molar-refractivity contribution in [3.8, 4) is 0 Å². The highest BCUT2D eigenvalue weighted by Crippen LogP contribution is 2.29. The molecule has 0 bridgehead atoms. The van der Waals surface area contributed by atoms with Gasteiger partial charge in [0.25, 0.3) is 0 Å². The van der Waals surface area contributed by atoms with E-state index in [0.29, 0.717) is 6.04 Å². The first-order valence-corrected chi connectivity index (χ1v) is 8.70. The molecular formula is C21H22N4. The lowest BCUT2D eigenvalue weighted by Crippen LogP contribution is -2.39. The fraction of sp³-hybridized carbons (Fsp3) is 0.238. The van der Waals surface area contributed by atoms with Gasteiger partial charge in [0.15, 0.2) is 0 Å². The van der Waals surface area contributed by atoms with Crippen LogP contribution in [0, 0.1) is 6.92 Å². The van der Waals surface area contributed by atoms with Crippen molar-refractivity contribution < 1.29 is 0 Å². The van der Waals surface area contributed by atoms with E-state index in [9.17, 15) is 0 Å². The van der Waals surface area contributed by atoms with Gasteiger partial charge >= 0.3 is 0 Å². The monoisotopic (exact) mass is 330 g/mol. The number of para-hydroxylation sites is 1. The fourth-order valence-electron chi connectivity index (χ4n) is 3.42. The molecule has 0 saturated carbocycles. The number of aryl methyl sites for hydroxylation is 1. The van der Waals surface area contributed by atoms with Crippen molar-refractivity contribution in [1.29, 1.82) is 0 Å². The third-order valence-electron chi connectivity index (χ3n) is 4.67. The van der Waals surface area contributed by atoms with Crippen LogP contribution in [-0.2, 0) is 13.0 Å². The number of nitrogens with one attached hydrogen (secondary N) is 1. The summed E-state index contributed by atoms with van der Waals surface area (Å²) < 4.78 is 0. The number of hydrogen-bond acceptors (Lipinski definition) is 4. The molecule has 1 N–H and O–H groups in total. The van der Waals surface area contributed by atoms with Gasteiger partial charge in [0.2, 0.25) is 0 Å². The molecule has 2 aromatic carbocycles. The van der Waals surface area contributed by atoms with E-state index >= 15 is 0 Å². The zero-order valence-electron chi connectivity index (χ0n) is 14.6. The van der Waals surface area contributed by atoms with E-state index in [4.69, 9.17) is 4.98 Å². The smallest absolute Gasteiger partial charge is 0.136 e. The van der Waals surface area contributed by atoms with Crippen molar-refractivity contribution in [3.63, 3.8) is 0 Å². The van der Waals surface area contributed by atoms with Gasteiger partial charge in [0.1, 0.15) is 17.5 Å². The first-order chi connectivity index (χ1) is 12.2. The van der Waals surface area contributed by atoms with Crippen molar-refractivity contribution in [3.05, 3.63) is 77.6 Å². The summed E-state index contributed by atoms with van der Waals surface area (Å²) in [6.45, 7) is 5.10. The average Bonchev–Trinajstić information content (AvgIpc) is 2.61. The summed E-state index contributed by atoms with van der Waals surface area (Å²) in [5, 5.41) is 3.38. The number of nitrogens with zero attached hydrogens (tertiary/aromatic N) is 3. The van der Waals surface area contributed by atoms with Gasteiger partial charge in [-0.25, -0.2) is 9.97 Å². The van der Waals surface area contributed by atoms with Gasteiger partial charge in [-0.2, -0.15) is 0 Å². The van der Waals surface area contributed by atoms with Gasteiger partial charge in [-0.05, 0) is 43.5 Å². The molecule has 1 aliphatic heterocycles. The van der Waals surface area contributed by atoms with Crippen molar-refractivity contribution in [1.82, 2.24) is 9.97 Å². The molecule has 0 aliphatic carbocycles. The number of hydrogen-bond donors (Lipinski definition) is 1. The zero-order chi connectivity index (χ0) is 17.2. The molecule has 1 aromatic heterocycles. The highest BCUT2D eigenvalue weighted by atomic mass is 15.2. The van der Waals surface area contributed by atoms with Crippen LogP contribution in [0.15, 0.2) is 60.7 Å². The molecule has 0 radical (unpaired) electrons. The molecule has 0 spiro atoms. The lowest BCUT2D eigenvalue weighted by molar-refractivity contribution is 0.586. The molecule has 0 saturated heterocycles. The lowest BCUT2D eigenvalue weighted by Gasteiger charge is -2.36. The topological polar surface area (TPSA) is 41.1 Å². The second-order valence-electron chi connectivity index (χ2n) is 6.60. The Morgan fingerprint density at radius 2 is 1.68 bits per heavy atom. The summed E-state index contributed by atoms with van der Waals surface area (Å²) in [4.78, 5) is 11.6. The Balaban J connectivity index is 1.64. The third kappa shape index (κ3) is 3.33. The predicted molar refractivity (Wildman–Crippen MR) is 102 cm³/mol. The van der Waals surface area contributed by atoms with Crippen LogP contribution in [0.1, 0.15) is 23.9 Å². The van der Waals surface area contributed by atoms with Crippen LogP contribution in [0.4, 0.5) is 17.3 Å². The van der Waals surface area contributed by atoms with Crippen LogP contribution >= 0.6 is 0 Å². The second-order valence-corrected chi connectivity index (χ2v) is 6.60. The number of benzene rings is 2. The van der Waals surface area contributed by atoms with Crippen molar-refractivity contribution in [2.45, 2.75) is 32.9 Å². The van der Waals surface area contributed by atoms with Crippen molar-refractivity contribution in [2.24, 2.45) is 0 Å². The number of anilines is 3. The third-order valence-corrected chi connectivity index (χ3v) is 4.67. The van der Waals surface area contributed by atoms with Gasteiger partial charge in [-0.1, -0.05) is 42.5 Å². The minimum atomic E-state index is 0.411. The maximum absolute atomic E-state index is 4.70. The molecule has 1 aliphatic rings. The van der Waals surface area contributed by atoms with Gasteiger partial charge < -0.3 is 10.2 Å². The Morgan fingerprint density at radius 3 is 2.48 bits per heavy atom. The van der Waals surface area contributed by atoms with E-state index in [1.165, 1.54) is 11.1 Å². The molecular weight excluding hydrogens is 308 g/mol. The van der Waals surface area contributed by atoms with E-state index in [-0.39, 0.29) is 0 Å². The SMILES string of the molecule is Cc1nc(Nc2ccccc2)cc(N2Cc3ccccc3C[C@@H]2C)n1. The van der Waals surface area contributed by atoms with Crippen LogP contribution < -0.4 is 10.2 Å². The zero-order valence-corrected chi connectivity index (χ0v) is 14.6. The molecule has 4 heteroatoms. The lowest BCUT2D eigenvalue weighted by atomic mass is 9.95. The minimum Gasteiger partial charge on any atom is -0.349 e. The highest BCUT2D eigenvalue weighted by molar-refractivity contribution is 5.60. The van der Waals surface area contributed by atoms with Crippen molar-refractivity contribution >= 4 is 17.3 Å². The van der Waals surface area contributed by atoms with Crippen LogP contribution in [0.5, 0.6) is 0 Å². The quantitative estimate of drug-likeness (QED) is 0.769. The molecule has 25 heavy (non-hydrogen) atoms. The summed E-state index contributed by atoms with van der Waals surface area (Å²) in [5.41, 5.74) is 3.86. The number of rotatable bonds is 3.